The van der Waals surface area contributed by atoms with E-state index >= 15 is 0 Å². The number of anilines is 1. The summed E-state index contributed by atoms with van der Waals surface area (Å²) in [6.07, 6.45) is 5.41. The topological polar surface area (TPSA) is 47.3 Å². The Morgan fingerprint density at radius 2 is 2.04 bits per heavy atom. The first-order chi connectivity index (χ1) is 11.5. The summed E-state index contributed by atoms with van der Waals surface area (Å²) in [6.45, 7) is 12.0. The lowest BCUT2D eigenvalue weighted by Gasteiger charge is -2.16. The molecule has 0 aliphatic rings. The first-order valence-electron chi connectivity index (χ1n) is 8.00. The van der Waals surface area contributed by atoms with Crippen LogP contribution in [-0.4, -0.2) is 19.2 Å². The van der Waals surface area contributed by atoms with E-state index in [1.54, 1.807) is 6.08 Å². The Hall–Kier alpha value is -2.14. The first-order valence-corrected chi connectivity index (χ1v) is 8.00. The Bertz CT molecular complexity index is 568. The van der Waals surface area contributed by atoms with Crippen LogP contribution in [0.15, 0.2) is 54.3 Å². The molecule has 1 atom stereocenters. The summed E-state index contributed by atoms with van der Waals surface area (Å²) in [5.41, 5.74) is 7.11. The summed E-state index contributed by atoms with van der Waals surface area (Å²) in [7, 11) is 0. The van der Waals surface area contributed by atoms with Crippen molar-refractivity contribution in [2.24, 2.45) is 5.73 Å². The second kappa shape index (κ2) is 12.3. The lowest BCUT2D eigenvalue weighted by Crippen LogP contribution is -2.33. The zero-order chi connectivity index (χ0) is 18.5. The van der Waals surface area contributed by atoms with Crippen molar-refractivity contribution in [3.05, 3.63) is 66.0 Å². The molecule has 0 fully saturated rings. The van der Waals surface area contributed by atoms with Gasteiger partial charge in [0.2, 0.25) is 0 Å². The second-order valence-electron chi connectivity index (χ2n) is 4.86. The average Bonchev–Trinajstić information content (AvgIpc) is 2.59. The highest BCUT2D eigenvalue weighted by Crippen LogP contribution is 2.14. The maximum absolute atomic E-state index is 13.5. The van der Waals surface area contributed by atoms with Gasteiger partial charge in [0.25, 0.3) is 0 Å². The molecule has 0 spiro atoms. The smallest absolute Gasteiger partial charge is 0.149 e. The van der Waals surface area contributed by atoms with Crippen molar-refractivity contribution in [2.75, 3.05) is 18.5 Å². The summed E-state index contributed by atoms with van der Waals surface area (Å²) >= 11 is 0. The van der Waals surface area contributed by atoms with Gasteiger partial charge in [-0.1, -0.05) is 26.5 Å². The highest BCUT2D eigenvalue weighted by atomic mass is 19.1. The van der Waals surface area contributed by atoms with E-state index in [4.69, 9.17) is 10.5 Å². The van der Waals surface area contributed by atoms with Gasteiger partial charge < -0.3 is 15.8 Å². The van der Waals surface area contributed by atoms with E-state index in [0.717, 1.165) is 11.6 Å². The zero-order valence-electron chi connectivity index (χ0n) is 14.9. The van der Waals surface area contributed by atoms with Gasteiger partial charge in [-0.15, -0.1) is 0 Å². The first kappa shape index (κ1) is 21.9. The molecule has 3 nitrogen and oxygen atoms in total. The van der Waals surface area contributed by atoms with Crippen LogP contribution in [-0.2, 0) is 4.74 Å². The monoisotopic (exact) mass is 338 g/mol. The molecule has 0 bridgehead atoms. The van der Waals surface area contributed by atoms with Gasteiger partial charge in [-0.25, -0.2) is 8.78 Å². The molecule has 0 amide bonds. The van der Waals surface area contributed by atoms with Gasteiger partial charge in [0.1, 0.15) is 24.0 Å². The van der Waals surface area contributed by atoms with Gasteiger partial charge in [-0.3, -0.25) is 0 Å². The Balaban J connectivity index is 0.00000254. The standard InChI is InChI=1S/C17H22F2N2O.C2H6/c1-4-12(3)8-15(5-2)22-11-14(20)10-21-17-7-6-13(18)9-16(17)19;1-2/h4-9,14,21H,1,10-11,20H2,2-3H3;1-2H3/b12-8-,15-5+;. The molecule has 1 rings (SSSR count). The van der Waals surface area contributed by atoms with Gasteiger partial charge in [0.05, 0.1) is 11.7 Å². The van der Waals surface area contributed by atoms with Crippen LogP contribution in [0.1, 0.15) is 27.7 Å². The lowest BCUT2D eigenvalue weighted by molar-refractivity contribution is 0.207. The number of halogens is 2. The summed E-state index contributed by atoms with van der Waals surface area (Å²) in [4.78, 5) is 0. The maximum atomic E-state index is 13.5. The molecule has 0 aliphatic carbocycles. The van der Waals surface area contributed by atoms with Crippen LogP contribution in [0.2, 0.25) is 0 Å². The minimum atomic E-state index is -0.646. The fourth-order valence-corrected chi connectivity index (χ4v) is 1.63. The Morgan fingerprint density at radius 1 is 1.38 bits per heavy atom. The molecule has 3 N–H and O–H groups in total. The largest absolute Gasteiger partial charge is 0.492 e. The summed E-state index contributed by atoms with van der Waals surface area (Å²) in [6, 6.07) is 3.02. The van der Waals surface area contributed by atoms with E-state index < -0.39 is 11.6 Å². The number of benzene rings is 1. The van der Waals surface area contributed by atoms with E-state index in [1.807, 2.05) is 39.8 Å². The Morgan fingerprint density at radius 3 is 2.58 bits per heavy atom. The number of allylic oxidation sites excluding steroid dienone is 4. The van der Waals surface area contributed by atoms with E-state index in [1.165, 1.54) is 12.1 Å². The molecule has 24 heavy (non-hydrogen) atoms. The molecule has 0 saturated carbocycles. The van der Waals surface area contributed by atoms with Gasteiger partial charge in [-0.2, -0.15) is 0 Å². The molecule has 0 aliphatic heterocycles. The Labute approximate surface area is 143 Å². The van der Waals surface area contributed by atoms with Crippen LogP contribution in [0.5, 0.6) is 0 Å². The van der Waals surface area contributed by atoms with Crippen molar-refractivity contribution >= 4 is 5.69 Å². The molecular formula is C19H28F2N2O. The van der Waals surface area contributed by atoms with E-state index in [9.17, 15) is 8.78 Å². The number of ether oxygens (including phenoxy) is 1. The zero-order valence-corrected chi connectivity index (χ0v) is 14.9. The van der Waals surface area contributed by atoms with Gasteiger partial charge in [0, 0.05) is 12.6 Å². The lowest BCUT2D eigenvalue weighted by atomic mass is 10.2. The van der Waals surface area contributed by atoms with Crippen molar-refractivity contribution < 1.29 is 13.5 Å². The fourth-order valence-electron chi connectivity index (χ4n) is 1.63. The maximum Gasteiger partial charge on any atom is 0.149 e. The van der Waals surface area contributed by atoms with Crippen LogP contribution in [0.25, 0.3) is 0 Å². The van der Waals surface area contributed by atoms with Crippen LogP contribution in [0.3, 0.4) is 0 Å². The van der Waals surface area contributed by atoms with Crippen LogP contribution in [0, 0.1) is 11.6 Å². The third kappa shape index (κ3) is 8.48. The predicted octanol–water partition coefficient (Wildman–Crippen LogP) is 4.78. The molecule has 5 heteroatoms. The molecule has 1 aromatic carbocycles. The van der Waals surface area contributed by atoms with Crippen molar-refractivity contribution in [2.45, 2.75) is 33.7 Å². The molecule has 1 aromatic rings. The Kier molecular flexibility index (Phi) is 11.2. The quantitative estimate of drug-likeness (QED) is 0.529. The highest BCUT2D eigenvalue weighted by molar-refractivity contribution is 5.44. The van der Waals surface area contributed by atoms with E-state index in [0.29, 0.717) is 12.3 Å². The summed E-state index contributed by atoms with van der Waals surface area (Å²) in [5, 5.41) is 2.84. The second-order valence-corrected chi connectivity index (χ2v) is 4.86. The van der Waals surface area contributed by atoms with Crippen LogP contribution < -0.4 is 11.1 Å². The number of hydrogen-bond acceptors (Lipinski definition) is 3. The SMILES string of the molecule is C=C/C(C)=C\C(=C/C)OCC(N)CNc1ccc(F)cc1F.CC. The van der Waals surface area contributed by atoms with Crippen molar-refractivity contribution in [3.63, 3.8) is 0 Å². The third-order valence-electron chi connectivity index (χ3n) is 2.93. The van der Waals surface area contributed by atoms with Crippen LogP contribution in [0.4, 0.5) is 14.5 Å². The molecule has 134 valence electrons. The number of nitrogens with two attached hydrogens (primary N) is 1. The van der Waals surface area contributed by atoms with E-state index in [2.05, 4.69) is 11.9 Å². The predicted molar refractivity (Wildman–Crippen MR) is 97.8 cm³/mol. The van der Waals surface area contributed by atoms with Crippen molar-refractivity contribution in [1.29, 1.82) is 0 Å². The fraction of sp³-hybridized carbons (Fsp3) is 0.368. The van der Waals surface area contributed by atoms with Gasteiger partial charge in [-0.05, 0) is 43.7 Å². The number of hydrogen-bond donors (Lipinski definition) is 2. The summed E-state index contributed by atoms with van der Waals surface area (Å²) < 4.78 is 31.8. The highest BCUT2D eigenvalue weighted by Gasteiger charge is 2.07. The van der Waals surface area contributed by atoms with Crippen molar-refractivity contribution in [3.8, 4) is 0 Å². The molecule has 1 unspecified atom stereocenters. The summed E-state index contributed by atoms with van der Waals surface area (Å²) in [5.74, 6) is -0.564. The van der Waals surface area contributed by atoms with Gasteiger partial charge in [0.15, 0.2) is 0 Å². The van der Waals surface area contributed by atoms with Crippen LogP contribution >= 0.6 is 0 Å². The number of nitrogens with one attached hydrogen (secondary N) is 1. The average molecular weight is 338 g/mol. The molecule has 0 radical (unpaired) electrons. The normalized spacial score (nSPS) is 12.8. The van der Waals surface area contributed by atoms with Gasteiger partial charge >= 0.3 is 0 Å². The minimum Gasteiger partial charge on any atom is -0.492 e. The minimum absolute atomic E-state index is 0.213. The van der Waals surface area contributed by atoms with Crippen molar-refractivity contribution in [1.82, 2.24) is 0 Å². The number of rotatable bonds is 8. The molecule has 0 aromatic heterocycles. The molecule has 0 saturated heterocycles. The molecule has 0 heterocycles. The van der Waals surface area contributed by atoms with E-state index in [-0.39, 0.29) is 18.3 Å². The molecular weight excluding hydrogens is 310 g/mol. The third-order valence-corrected chi connectivity index (χ3v) is 2.93.